The molecule has 1 aliphatic heterocycles. The SMILES string of the molecule is CCn1nc(C(=O)NCCOc2cc(N3CCCCC3)ncn2)ccc1=O. The fraction of sp³-hybridized carbons (Fsp3) is 0.500. The summed E-state index contributed by atoms with van der Waals surface area (Å²) in [4.78, 5) is 34.3. The second-order valence-electron chi connectivity index (χ2n) is 6.24. The van der Waals surface area contributed by atoms with Gasteiger partial charge in [-0.05, 0) is 32.3 Å². The van der Waals surface area contributed by atoms with Gasteiger partial charge < -0.3 is 15.0 Å². The number of nitrogens with zero attached hydrogens (tertiary/aromatic N) is 5. The molecule has 3 heterocycles. The molecule has 2 aromatic rings. The highest BCUT2D eigenvalue weighted by Crippen LogP contribution is 2.19. The number of aryl methyl sites for hydroxylation is 1. The molecule has 1 fully saturated rings. The van der Waals surface area contributed by atoms with Crippen LogP contribution in [-0.2, 0) is 6.54 Å². The van der Waals surface area contributed by atoms with Gasteiger partial charge in [-0.3, -0.25) is 9.59 Å². The molecule has 9 heteroatoms. The predicted octanol–water partition coefficient (Wildman–Crippen LogP) is 0.852. The zero-order valence-corrected chi connectivity index (χ0v) is 15.4. The van der Waals surface area contributed by atoms with Crippen molar-refractivity contribution >= 4 is 11.7 Å². The number of rotatable bonds is 7. The first-order valence-corrected chi connectivity index (χ1v) is 9.23. The molecule has 1 aliphatic rings. The lowest BCUT2D eigenvalue weighted by Crippen LogP contribution is -2.32. The summed E-state index contributed by atoms with van der Waals surface area (Å²) in [6.07, 6.45) is 5.10. The summed E-state index contributed by atoms with van der Waals surface area (Å²) in [7, 11) is 0. The Morgan fingerprint density at radius 3 is 2.81 bits per heavy atom. The van der Waals surface area contributed by atoms with Crippen molar-refractivity contribution in [3.05, 3.63) is 40.6 Å². The highest BCUT2D eigenvalue weighted by Gasteiger charge is 2.13. The van der Waals surface area contributed by atoms with Crippen LogP contribution in [0.4, 0.5) is 5.82 Å². The van der Waals surface area contributed by atoms with Gasteiger partial charge >= 0.3 is 0 Å². The van der Waals surface area contributed by atoms with Crippen molar-refractivity contribution in [3.63, 3.8) is 0 Å². The predicted molar refractivity (Wildman–Crippen MR) is 100 cm³/mol. The van der Waals surface area contributed by atoms with Gasteiger partial charge in [0.15, 0.2) is 0 Å². The summed E-state index contributed by atoms with van der Waals surface area (Å²) < 4.78 is 6.86. The van der Waals surface area contributed by atoms with Crippen LogP contribution in [0.25, 0.3) is 0 Å². The van der Waals surface area contributed by atoms with Gasteiger partial charge in [0, 0.05) is 31.8 Å². The number of nitrogens with one attached hydrogen (secondary N) is 1. The van der Waals surface area contributed by atoms with Gasteiger partial charge in [0.2, 0.25) is 5.88 Å². The molecule has 0 aliphatic carbocycles. The summed E-state index contributed by atoms with van der Waals surface area (Å²) in [6.45, 7) is 4.78. The normalized spacial score (nSPS) is 14.0. The summed E-state index contributed by atoms with van der Waals surface area (Å²) in [5.74, 6) is 1.00. The molecule has 0 aromatic carbocycles. The molecule has 0 unspecified atom stereocenters. The van der Waals surface area contributed by atoms with Crippen LogP contribution in [0.5, 0.6) is 5.88 Å². The third kappa shape index (κ3) is 5.02. The number of aromatic nitrogens is 4. The highest BCUT2D eigenvalue weighted by molar-refractivity contribution is 5.91. The van der Waals surface area contributed by atoms with Crippen molar-refractivity contribution < 1.29 is 9.53 Å². The molecule has 0 spiro atoms. The summed E-state index contributed by atoms with van der Waals surface area (Å²) in [5, 5.41) is 6.74. The topological polar surface area (TPSA) is 102 Å². The zero-order valence-electron chi connectivity index (χ0n) is 15.4. The summed E-state index contributed by atoms with van der Waals surface area (Å²) in [6, 6.07) is 4.58. The Hall–Kier alpha value is -2.97. The van der Waals surface area contributed by atoms with Gasteiger partial charge in [-0.25, -0.2) is 14.6 Å². The molecule has 1 amide bonds. The number of amides is 1. The molecule has 1 saturated heterocycles. The smallest absolute Gasteiger partial charge is 0.271 e. The summed E-state index contributed by atoms with van der Waals surface area (Å²) >= 11 is 0. The molecule has 0 radical (unpaired) electrons. The first-order chi connectivity index (χ1) is 13.2. The maximum Gasteiger partial charge on any atom is 0.271 e. The Labute approximate surface area is 157 Å². The van der Waals surface area contributed by atoms with E-state index >= 15 is 0 Å². The minimum absolute atomic E-state index is 0.200. The molecule has 0 atom stereocenters. The van der Waals surface area contributed by atoms with Crippen LogP contribution in [0.15, 0.2) is 29.3 Å². The van der Waals surface area contributed by atoms with Crippen LogP contribution < -0.4 is 20.5 Å². The third-order valence-corrected chi connectivity index (χ3v) is 4.34. The Bertz CT molecular complexity index is 832. The number of carbonyl (C=O) groups excluding carboxylic acids is 1. The lowest BCUT2D eigenvalue weighted by atomic mass is 10.1. The van der Waals surface area contributed by atoms with E-state index in [9.17, 15) is 9.59 Å². The van der Waals surface area contributed by atoms with E-state index in [0.717, 1.165) is 18.9 Å². The molecule has 1 N–H and O–H groups in total. The van der Waals surface area contributed by atoms with Crippen LogP contribution in [0.1, 0.15) is 36.7 Å². The van der Waals surface area contributed by atoms with E-state index in [0.29, 0.717) is 19.0 Å². The number of piperidine rings is 1. The van der Waals surface area contributed by atoms with Gasteiger partial charge in [0.1, 0.15) is 24.4 Å². The van der Waals surface area contributed by atoms with Crippen LogP contribution >= 0.6 is 0 Å². The average molecular weight is 372 g/mol. The minimum atomic E-state index is -0.350. The van der Waals surface area contributed by atoms with Crippen LogP contribution in [0.2, 0.25) is 0 Å². The van der Waals surface area contributed by atoms with Crippen molar-refractivity contribution in [2.45, 2.75) is 32.7 Å². The van der Waals surface area contributed by atoms with E-state index in [1.54, 1.807) is 6.92 Å². The molecule has 2 aromatic heterocycles. The maximum absolute atomic E-state index is 12.1. The van der Waals surface area contributed by atoms with Crippen LogP contribution in [0.3, 0.4) is 0 Å². The number of hydrogen-bond acceptors (Lipinski definition) is 7. The molecular weight excluding hydrogens is 348 g/mol. The molecule has 0 saturated carbocycles. The van der Waals surface area contributed by atoms with Gasteiger partial charge in [-0.1, -0.05) is 0 Å². The van der Waals surface area contributed by atoms with E-state index in [1.165, 1.54) is 42.4 Å². The van der Waals surface area contributed by atoms with Gasteiger partial charge in [0.25, 0.3) is 11.5 Å². The molecule has 9 nitrogen and oxygen atoms in total. The standard InChI is InChI=1S/C18H24N6O3/c1-2-24-17(25)7-6-14(22-24)18(26)19-8-11-27-16-12-15(20-13-21-16)23-9-4-3-5-10-23/h6-7,12-13H,2-5,8-11H2,1H3,(H,19,26). The summed E-state index contributed by atoms with van der Waals surface area (Å²) in [5.41, 5.74) is -0.0310. The van der Waals surface area contributed by atoms with E-state index in [1.807, 2.05) is 6.07 Å². The van der Waals surface area contributed by atoms with Crippen LogP contribution in [0, 0.1) is 0 Å². The number of anilines is 1. The average Bonchev–Trinajstić information content (AvgIpc) is 2.72. The number of carbonyl (C=O) groups is 1. The number of hydrogen-bond donors (Lipinski definition) is 1. The van der Waals surface area contributed by atoms with Gasteiger partial charge in [-0.15, -0.1) is 0 Å². The Kier molecular flexibility index (Phi) is 6.35. The fourth-order valence-electron chi connectivity index (χ4n) is 2.91. The fourth-order valence-corrected chi connectivity index (χ4v) is 2.91. The van der Waals surface area contributed by atoms with Crippen molar-refractivity contribution in [2.75, 3.05) is 31.1 Å². The quantitative estimate of drug-likeness (QED) is 0.719. The second kappa shape index (κ2) is 9.11. The first kappa shape index (κ1) is 18.8. The van der Waals surface area contributed by atoms with Crippen molar-refractivity contribution in [1.29, 1.82) is 0 Å². The van der Waals surface area contributed by atoms with E-state index in [-0.39, 0.29) is 23.8 Å². The Morgan fingerprint density at radius 1 is 1.22 bits per heavy atom. The third-order valence-electron chi connectivity index (χ3n) is 4.34. The lowest BCUT2D eigenvalue weighted by Gasteiger charge is -2.27. The molecule has 3 rings (SSSR count). The molecule has 144 valence electrons. The Morgan fingerprint density at radius 2 is 2.04 bits per heavy atom. The molecule has 0 bridgehead atoms. The molecular formula is C18H24N6O3. The van der Waals surface area contributed by atoms with E-state index in [2.05, 4.69) is 25.3 Å². The Balaban J connectivity index is 1.48. The van der Waals surface area contributed by atoms with Crippen LogP contribution in [-0.4, -0.2) is 51.9 Å². The highest BCUT2D eigenvalue weighted by atomic mass is 16.5. The number of ether oxygens (including phenoxy) is 1. The zero-order chi connectivity index (χ0) is 19.1. The monoisotopic (exact) mass is 372 g/mol. The first-order valence-electron chi connectivity index (χ1n) is 9.23. The van der Waals surface area contributed by atoms with Gasteiger partial charge in [0.05, 0.1) is 6.54 Å². The van der Waals surface area contributed by atoms with Crippen molar-refractivity contribution in [2.24, 2.45) is 0 Å². The minimum Gasteiger partial charge on any atom is -0.476 e. The van der Waals surface area contributed by atoms with E-state index in [4.69, 9.17) is 4.74 Å². The molecule has 27 heavy (non-hydrogen) atoms. The largest absolute Gasteiger partial charge is 0.476 e. The maximum atomic E-state index is 12.1. The van der Waals surface area contributed by atoms with E-state index < -0.39 is 0 Å². The second-order valence-corrected chi connectivity index (χ2v) is 6.24. The van der Waals surface area contributed by atoms with Crippen molar-refractivity contribution in [1.82, 2.24) is 25.1 Å². The van der Waals surface area contributed by atoms with Crippen molar-refractivity contribution in [3.8, 4) is 5.88 Å². The lowest BCUT2D eigenvalue weighted by molar-refractivity contribution is 0.0939. The van der Waals surface area contributed by atoms with Gasteiger partial charge in [-0.2, -0.15) is 5.10 Å².